The van der Waals surface area contributed by atoms with Gasteiger partial charge in [-0.1, -0.05) is 26.3 Å². The van der Waals surface area contributed by atoms with E-state index in [9.17, 15) is 16.8 Å². The number of rotatable bonds is 8. The van der Waals surface area contributed by atoms with E-state index in [1.165, 1.54) is 11.3 Å². The molecule has 9 heteroatoms. The minimum atomic E-state index is -3.48. The third-order valence-corrected chi connectivity index (χ3v) is 9.06. The summed E-state index contributed by atoms with van der Waals surface area (Å²) in [4.78, 5) is 0. The van der Waals surface area contributed by atoms with E-state index in [-0.39, 0.29) is 24.3 Å². The lowest BCUT2D eigenvalue weighted by molar-refractivity contribution is 0.242. The van der Waals surface area contributed by atoms with Crippen LogP contribution in [0.5, 0.6) is 0 Å². The molecule has 1 saturated heterocycles. The van der Waals surface area contributed by atoms with Crippen LogP contribution in [0.4, 0.5) is 0 Å². The molecule has 6 nitrogen and oxygen atoms in total. The molecule has 1 fully saturated rings. The molecule has 0 amide bonds. The normalized spacial score (nSPS) is 20.5. The van der Waals surface area contributed by atoms with Crippen molar-refractivity contribution in [3.63, 3.8) is 0 Å². The van der Waals surface area contributed by atoms with Crippen LogP contribution in [0.2, 0.25) is 0 Å². The molecule has 2 heterocycles. The Bertz CT molecular complexity index is 712. The van der Waals surface area contributed by atoms with Gasteiger partial charge >= 0.3 is 0 Å². The molecule has 1 aliphatic heterocycles. The summed E-state index contributed by atoms with van der Waals surface area (Å²) in [7, 11) is -6.77. The fourth-order valence-corrected chi connectivity index (χ4v) is 7.25. The van der Waals surface area contributed by atoms with Crippen LogP contribution >= 0.6 is 11.3 Å². The van der Waals surface area contributed by atoms with Crippen LogP contribution in [0.1, 0.15) is 39.5 Å². The van der Waals surface area contributed by atoms with Gasteiger partial charge in [0.1, 0.15) is 4.21 Å². The van der Waals surface area contributed by atoms with E-state index in [4.69, 9.17) is 0 Å². The predicted molar refractivity (Wildman–Crippen MR) is 97.1 cm³/mol. The van der Waals surface area contributed by atoms with Crippen molar-refractivity contribution >= 4 is 31.4 Å². The van der Waals surface area contributed by atoms with Gasteiger partial charge in [0.05, 0.1) is 5.75 Å². The maximum atomic E-state index is 12.8. The fraction of sp³-hybridized carbons (Fsp3) is 0.733. The maximum absolute atomic E-state index is 12.8. The summed E-state index contributed by atoms with van der Waals surface area (Å²) >= 11 is 1.22. The molecule has 1 aromatic rings. The topological polar surface area (TPSA) is 83.6 Å². The molecule has 1 atom stereocenters. The van der Waals surface area contributed by atoms with Crippen LogP contribution in [-0.2, 0) is 20.0 Å². The highest BCUT2D eigenvalue weighted by Crippen LogP contribution is 2.29. The molecule has 0 bridgehead atoms. The quantitative estimate of drug-likeness (QED) is 0.733. The van der Waals surface area contributed by atoms with Crippen LogP contribution < -0.4 is 4.72 Å². The SMILES string of the molecule is CC(C)CS(=O)(=O)NCCC1CCCCN1S(=O)(=O)c1cccs1. The molecule has 24 heavy (non-hydrogen) atoms. The molecule has 138 valence electrons. The van der Waals surface area contributed by atoms with E-state index in [1.54, 1.807) is 21.8 Å². The molecule has 0 saturated carbocycles. The predicted octanol–water partition coefficient (Wildman–Crippen LogP) is 2.26. The minimum absolute atomic E-state index is 0.0629. The zero-order chi connectivity index (χ0) is 17.8. The molecule has 0 radical (unpaired) electrons. The Morgan fingerprint density at radius 1 is 1.29 bits per heavy atom. The van der Waals surface area contributed by atoms with Gasteiger partial charge in [-0.2, -0.15) is 4.31 Å². The fourth-order valence-electron chi connectivity index (χ4n) is 2.98. The molecule has 1 N–H and O–H groups in total. The number of piperidine rings is 1. The number of hydrogen-bond acceptors (Lipinski definition) is 5. The Morgan fingerprint density at radius 2 is 2.04 bits per heavy atom. The number of nitrogens with one attached hydrogen (secondary N) is 1. The first-order chi connectivity index (χ1) is 11.2. The highest BCUT2D eigenvalue weighted by molar-refractivity contribution is 7.91. The highest BCUT2D eigenvalue weighted by Gasteiger charge is 2.33. The summed E-state index contributed by atoms with van der Waals surface area (Å²) in [6.07, 6.45) is 3.10. The van der Waals surface area contributed by atoms with Crippen molar-refractivity contribution in [2.75, 3.05) is 18.8 Å². The van der Waals surface area contributed by atoms with Gasteiger partial charge in [-0.25, -0.2) is 21.6 Å². The number of thiophene rings is 1. The Balaban J connectivity index is 2.00. The van der Waals surface area contributed by atoms with Crippen molar-refractivity contribution in [3.8, 4) is 0 Å². The lowest BCUT2D eigenvalue weighted by Gasteiger charge is -2.34. The molecule has 1 unspecified atom stereocenters. The van der Waals surface area contributed by atoms with Crippen molar-refractivity contribution in [2.24, 2.45) is 5.92 Å². The van der Waals surface area contributed by atoms with Gasteiger partial charge in [0, 0.05) is 19.1 Å². The monoisotopic (exact) mass is 394 g/mol. The lowest BCUT2D eigenvalue weighted by Crippen LogP contribution is -2.45. The second-order valence-corrected chi connectivity index (χ2v) is 11.5. The molecule has 1 aromatic heterocycles. The third-order valence-electron chi connectivity index (χ3n) is 3.98. The van der Waals surface area contributed by atoms with Crippen LogP contribution in [-0.4, -0.2) is 46.0 Å². The highest BCUT2D eigenvalue weighted by atomic mass is 32.2. The first-order valence-electron chi connectivity index (χ1n) is 8.25. The van der Waals surface area contributed by atoms with Gasteiger partial charge in [-0.05, 0) is 36.6 Å². The Hall–Kier alpha value is -0.480. The number of sulfonamides is 2. The second-order valence-electron chi connectivity index (χ2n) is 6.56. The van der Waals surface area contributed by atoms with Gasteiger partial charge in [-0.3, -0.25) is 0 Å². The van der Waals surface area contributed by atoms with Crippen LogP contribution in [0, 0.1) is 5.92 Å². The summed E-state index contributed by atoms with van der Waals surface area (Å²) in [5.41, 5.74) is 0. The molecule has 1 aliphatic rings. The Labute approximate surface area is 149 Å². The van der Waals surface area contributed by atoms with Crippen molar-refractivity contribution in [2.45, 2.75) is 49.8 Å². The van der Waals surface area contributed by atoms with E-state index in [1.807, 2.05) is 13.8 Å². The van der Waals surface area contributed by atoms with Crippen molar-refractivity contribution in [3.05, 3.63) is 17.5 Å². The lowest BCUT2D eigenvalue weighted by atomic mass is 10.0. The standard InChI is InChI=1S/C15H26N2O4S3/c1-13(2)12-23(18,19)16-9-8-14-6-3-4-10-17(14)24(20,21)15-7-5-11-22-15/h5,7,11,13-14,16H,3-4,6,8-10,12H2,1-2H3. The molecule has 0 aliphatic carbocycles. The average molecular weight is 395 g/mol. The zero-order valence-corrected chi connectivity index (χ0v) is 16.6. The Kier molecular flexibility index (Phi) is 6.83. The number of nitrogens with zero attached hydrogens (tertiary/aromatic N) is 1. The summed E-state index contributed by atoms with van der Waals surface area (Å²) in [5, 5.41) is 1.76. The van der Waals surface area contributed by atoms with E-state index in [0.29, 0.717) is 17.2 Å². The van der Waals surface area contributed by atoms with Crippen LogP contribution in [0.25, 0.3) is 0 Å². The van der Waals surface area contributed by atoms with Crippen molar-refractivity contribution in [1.82, 2.24) is 9.03 Å². The molecule has 0 spiro atoms. The van der Waals surface area contributed by atoms with Gasteiger partial charge < -0.3 is 0 Å². The van der Waals surface area contributed by atoms with E-state index >= 15 is 0 Å². The third kappa shape index (κ3) is 5.26. The van der Waals surface area contributed by atoms with Crippen molar-refractivity contribution < 1.29 is 16.8 Å². The largest absolute Gasteiger partial charge is 0.252 e. The van der Waals surface area contributed by atoms with Crippen LogP contribution in [0.15, 0.2) is 21.7 Å². The van der Waals surface area contributed by atoms with Crippen molar-refractivity contribution in [1.29, 1.82) is 0 Å². The van der Waals surface area contributed by atoms with Gasteiger partial charge in [0.25, 0.3) is 10.0 Å². The zero-order valence-electron chi connectivity index (χ0n) is 14.1. The average Bonchev–Trinajstić information content (AvgIpc) is 3.01. The minimum Gasteiger partial charge on any atom is -0.215 e. The molecular formula is C15H26N2O4S3. The smallest absolute Gasteiger partial charge is 0.215 e. The molecular weight excluding hydrogens is 368 g/mol. The van der Waals surface area contributed by atoms with E-state index in [2.05, 4.69) is 4.72 Å². The van der Waals surface area contributed by atoms with Gasteiger partial charge in [-0.15, -0.1) is 11.3 Å². The van der Waals surface area contributed by atoms with E-state index < -0.39 is 20.0 Å². The first kappa shape index (κ1) is 19.8. The molecule has 2 rings (SSSR count). The van der Waals surface area contributed by atoms with Gasteiger partial charge in [0.2, 0.25) is 10.0 Å². The van der Waals surface area contributed by atoms with Crippen LogP contribution in [0.3, 0.4) is 0 Å². The maximum Gasteiger partial charge on any atom is 0.252 e. The van der Waals surface area contributed by atoms with Gasteiger partial charge in [0.15, 0.2) is 0 Å². The second kappa shape index (κ2) is 8.27. The molecule has 0 aromatic carbocycles. The summed E-state index contributed by atoms with van der Waals surface area (Å²) in [6.45, 7) is 4.49. The Morgan fingerprint density at radius 3 is 2.67 bits per heavy atom. The first-order valence-corrected chi connectivity index (χ1v) is 12.2. The van der Waals surface area contributed by atoms with E-state index in [0.717, 1.165) is 19.3 Å². The number of hydrogen-bond donors (Lipinski definition) is 1. The summed E-state index contributed by atoms with van der Waals surface area (Å²) < 4.78 is 53.8. The summed E-state index contributed by atoms with van der Waals surface area (Å²) in [6, 6.07) is 3.21. The summed E-state index contributed by atoms with van der Waals surface area (Å²) in [5.74, 6) is 0.155.